The number of nitrogens with zero attached hydrogens (tertiary/aromatic N) is 3. The number of benzene rings is 1. The molecule has 1 amide bonds. The first-order valence-corrected chi connectivity index (χ1v) is 9.59. The van der Waals surface area contributed by atoms with Crippen molar-refractivity contribution in [2.24, 2.45) is 0 Å². The molecule has 0 aliphatic carbocycles. The van der Waals surface area contributed by atoms with E-state index in [1.54, 1.807) is 0 Å². The van der Waals surface area contributed by atoms with Gasteiger partial charge in [-0.15, -0.1) is 0 Å². The lowest BCUT2D eigenvalue weighted by atomic mass is 10.0. The maximum Gasteiger partial charge on any atom is 0.299 e. The standard InChI is InChI=1S/C21H26N4O3/c1-5-14-7-9-15(10-8-14)17-18-19(28-24-17)20(27)25(13-22-18)12-11-16(26)23-21(3,4)6-2/h7-10,13H,5-6,11-12H2,1-4H3,(H,23,26). The van der Waals surface area contributed by atoms with Gasteiger partial charge in [0.15, 0.2) is 0 Å². The average Bonchev–Trinajstić information content (AvgIpc) is 3.12. The van der Waals surface area contributed by atoms with Gasteiger partial charge < -0.3 is 9.84 Å². The van der Waals surface area contributed by atoms with Crippen LogP contribution in [0.5, 0.6) is 0 Å². The summed E-state index contributed by atoms with van der Waals surface area (Å²) in [5.41, 5.74) is 2.55. The van der Waals surface area contributed by atoms with Gasteiger partial charge in [-0.05, 0) is 32.3 Å². The molecule has 0 saturated carbocycles. The number of carbonyl (C=O) groups excluding carboxylic acids is 1. The lowest BCUT2D eigenvalue weighted by Crippen LogP contribution is -2.43. The minimum absolute atomic E-state index is 0.103. The highest BCUT2D eigenvalue weighted by Crippen LogP contribution is 2.24. The highest BCUT2D eigenvalue weighted by atomic mass is 16.5. The molecular weight excluding hydrogens is 356 g/mol. The van der Waals surface area contributed by atoms with Crippen molar-refractivity contribution < 1.29 is 9.32 Å². The molecule has 0 spiro atoms. The summed E-state index contributed by atoms with van der Waals surface area (Å²) in [5.74, 6) is -0.104. The molecule has 7 nitrogen and oxygen atoms in total. The molecule has 1 aromatic carbocycles. The quantitative estimate of drug-likeness (QED) is 0.677. The van der Waals surface area contributed by atoms with E-state index in [0.29, 0.717) is 11.2 Å². The van der Waals surface area contributed by atoms with Gasteiger partial charge >= 0.3 is 0 Å². The molecule has 0 bridgehead atoms. The largest absolute Gasteiger partial charge is 0.351 e. The van der Waals surface area contributed by atoms with Crippen LogP contribution in [0.1, 0.15) is 46.1 Å². The molecule has 2 aromatic heterocycles. The normalized spacial score (nSPS) is 11.7. The van der Waals surface area contributed by atoms with Crippen LogP contribution in [-0.4, -0.2) is 26.2 Å². The topological polar surface area (TPSA) is 90.0 Å². The average molecular weight is 382 g/mol. The van der Waals surface area contributed by atoms with E-state index in [0.717, 1.165) is 18.4 Å². The fraction of sp³-hybridized carbons (Fsp3) is 0.429. The van der Waals surface area contributed by atoms with E-state index < -0.39 is 0 Å². The van der Waals surface area contributed by atoms with Gasteiger partial charge in [0.25, 0.3) is 11.1 Å². The fourth-order valence-corrected chi connectivity index (χ4v) is 2.85. The summed E-state index contributed by atoms with van der Waals surface area (Å²) in [6.07, 6.45) is 3.41. The summed E-state index contributed by atoms with van der Waals surface area (Å²) in [7, 11) is 0. The molecule has 2 heterocycles. The van der Waals surface area contributed by atoms with Gasteiger partial charge in [-0.3, -0.25) is 14.2 Å². The monoisotopic (exact) mass is 382 g/mol. The Kier molecular flexibility index (Phi) is 5.63. The molecule has 0 saturated heterocycles. The Morgan fingerprint density at radius 3 is 2.57 bits per heavy atom. The lowest BCUT2D eigenvalue weighted by molar-refractivity contribution is -0.122. The number of aryl methyl sites for hydroxylation is 2. The zero-order chi connectivity index (χ0) is 20.3. The second-order valence-electron chi connectivity index (χ2n) is 7.54. The smallest absolute Gasteiger partial charge is 0.299 e. The number of nitrogens with one attached hydrogen (secondary N) is 1. The molecule has 3 aromatic rings. The molecule has 0 radical (unpaired) electrons. The van der Waals surface area contributed by atoms with Gasteiger partial charge in [-0.25, -0.2) is 4.98 Å². The van der Waals surface area contributed by atoms with Gasteiger partial charge in [-0.1, -0.05) is 43.3 Å². The van der Waals surface area contributed by atoms with Crippen molar-refractivity contribution >= 4 is 17.0 Å². The number of fused-ring (bicyclic) bond motifs is 1. The first-order chi connectivity index (χ1) is 13.3. The van der Waals surface area contributed by atoms with Crippen LogP contribution in [0.3, 0.4) is 0 Å². The molecule has 0 aliphatic heterocycles. The van der Waals surface area contributed by atoms with Crippen LogP contribution in [-0.2, 0) is 17.8 Å². The van der Waals surface area contributed by atoms with Crippen molar-refractivity contribution in [1.29, 1.82) is 0 Å². The number of carbonyl (C=O) groups is 1. The van der Waals surface area contributed by atoms with Crippen molar-refractivity contribution in [2.75, 3.05) is 0 Å². The first kappa shape index (κ1) is 19.8. The van der Waals surface area contributed by atoms with E-state index in [-0.39, 0.29) is 35.6 Å². The summed E-state index contributed by atoms with van der Waals surface area (Å²) in [5, 5.41) is 7.00. The predicted octanol–water partition coefficient (Wildman–Crippen LogP) is 3.31. The molecular formula is C21H26N4O3. The fourth-order valence-electron chi connectivity index (χ4n) is 2.85. The second kappa shape index (κ2) is 7.96. The molecule has 148 valence electrons. The second-order valence-corrected chi connectivity index (χ2v) is 7.54. The molecule has 3 rings (SSSR count). The first-order valence-electron chi connectivity index (χ1n) is 9.59. The SMILES string of the molecule is CCc1ccc(-c2noc3c(=O)n(CCC(=O)NC(C)(C)CC)cnc23)cc1. The summed E-state index contributed by atoms with van der Waals surface area (Å²) in [6.45, 7) is 8.27. The number of hydrogen-bond acceptors (Lipinski definition) is 5. The summed E-state index contributed by atoms with van der Waals surface area (Å²) in [4.78, 5) is 29.2. The third kappa shape index (κ3) is 4.13. The maximum atomic E-state index is 12.7. The number of rotatable bonds is 7. The number of aromatic nitrogens is 3. The van der Waals surface area contributed by atoms with Crippen molar-refractivity contribution in [3.8, 4) is 11.3 Å². The van der Waals surface area contributed by atoms with Crippen LogP contribution in [0, 0.1) is 0 Å². The molecule has 0 unspecified atom stereocenters. The van der Waals surface area contributed by atoms with E-state index in [2.05, 4.69) is 22.4 Å². The van der Waals surface area contributed by atoms with E-state index in [1.165, 1.54) is 16.5 Å². The predicted molar refractivity (Wildman–Crippen MR) is 108 cm³/mol. The highest BCUT2D eigenvalue weighted by Gasteiger charge is 2.19. The third-order valence-electron chi connectivity index (χ3n) is 5.03. The lowest BCUT2D eigenvalue weighted by Gasteiger charge is -2.24. The minimum Gasteiger partial charge on any atom is -0.351 e. The van der Waals surface area contributed by atoms with Gasteiger partial charge in [0.05, 0.1) is 6.33 Å². The Bertz CT molecular complexity index is 1030. The van der Waals surface area contributed by atoms with Crippen LogP contribution in [0.15, 0.2) is 39.9 Å². The van der Waals surface area contributed by atoms with Crippen LogP contribution >= 0.6 is 0 Å². The Balaban J connectivity index is 1.81. The van der Waals surface area contributed by atoms with Crippen molar-refractivity contribution in [1.82, 2.24) is 20.0 Å². The van der Waals surface area contributed by atoms with Crippen molar-refractivity contribution in [3.63, 3.8) is 0 Å². The Labute approximate surface area is 163 Å². The van der Waals surface area contributed by atoms with Crippen LogP contribution < -0.4 is 10.9 Å². The van der Waals surface area contributed by atoms with Gasteiger partial charge in [0.1, 0.15) is 11.2 Å². The van der Waals surface area contributed by atoms with Crippen LogP contribution in [0.4, 0.5) is 0 Å². The maximum absolute atomic E-state index is 12.7. The molecule has 0 fully saturated rings. The molecule has 7 heteroatoms. The Morgan fingerprint density at radius 2 is 1.93 bits per heavy atom. The third-order valence-corrected chi connectivity index (χ3v) is 5.03. The van der Waals surface area contributed by atoms with Crippen LogP contribution in [0.2, 0.25) is 0 Å². The molecule has 1 N–H and O–H groups in total. The van der Waals surface area contributed by atoms with E-state index >= 15 is 0 Å². The molecule has 0 atom stereocenters. The van der Waals surface area contributed by atoms with Crippen molar-refractivity contribution in [2.45, 2.75) is 59.0 Å². The molecule has 0 aliphatic rings. The van der Waals surface area contributed by atoms with E-state index in [4.69, 9.17) is 4.52 Å². The Morgan fingerprint density at radius 1 is 1.21 bits per heavy atom. The zero-order valence-corrected chi connectivity index (χ0v) is 16.8. The number of amides is 1. The van der Waals surface area contributed by atoms with Crippen LogP contribution in [0.25, 0.3) is 22.4 Å². The summed E-state index contributed by atoms with van der Waals surface area (Å²) >= 11 is 0. The molecule has 28 heavy (non-hydrogen) atoms. The van der Waals surface area contributed by atoms with Gasteiger partial charge in [0.2, 0.25) is 5.91 Å². The summed E-state index contributed by atoms with van der Waals surface area (Å²) in [6, 6.07) is 7.94. The van der Waals surface area contributed by atoms with E-state index in [9.17, 15) is 9.59 Å². The Hall–Kier alpha value is -2.96. The summed E-state index contributed by atoms with van der Waals surface area (Å²) < 4.78 is 6.67. The van der Waals surface area contributed by atoms with E-state index in [1.807, 2.05) is 45.0 Å². The zero-order valence-electron chi connectivity index (χ0n) is 16.8. The minimum atomic E-state index is -0.337. The van der Waals surface area contributed by atoms with Crippen molar-refractivity contribution in [3.05, 3.63) is 46.5 Å². The highest BCUT2D eigenvalue weighted by molar-refractivity contribution is 5.87. The number of hydrogen-bond donors (Lipinski definition) is 1. The van der Waals surface area contributed by atoms with Gasteiger partial charge in [-0.2, -0.15) is 0 Å². The van der Waals surface area contributed by atoms with Gasteiger partial charge in [0, 0.05) is 24.1 Å².